The number of carbonyl (C=O) groups is 1. The highest BCUT2D eigenvalue weighted by Crippen LogP contribution is 2.26. The molecule has 0 amide bonds. The lowest BCUT2D eigenvalue weighted by atomic mass is 10.1. The summed E-state index contributed by atoms with van der Waals surface area (Å²) in [5.74, 6) is 0.521. The van der Waals surface area contributed by atoms with E-state index < -0.39 is 0 Å². The normalized spacial score (nSPS) is 13.9. The summed E-state index contributed by atoms with van der Waals surface area (Å²) in [7, 11) is 1.66. The van der Waals surface area contributed by atoms with E-state index in [4.69, 9.17) is 14.2 Å². The smallest absolute Gasteiger partial charge is 0.340 e. The molecule has 0 saturated carbocycles. The van der Waals surface area contributed by atoms with E-state index in [2.05, 4.69) is 10.2 Å². The van der Waals surface area contributed by atoms with Gasteiger partial charge in [0.05, 0.1) is 38.2 Å². The minimum absolute atomic E-state index is 0.302. The van der Waals surface area contributed by atoms with Gasteiger partial charge in [-0.1, -0.05) is 12.1 Å². The molecule has 6 nitrogen and oxygen atoms in total. The number of anilines is 2. The number of esters is 1. The first-order chi connectivity index (χ1) is 13.2. The van der Waals surface area contributed by atoms with E-state index in [1.165, 1.54) is 0 Å². The van der Waals surface area contributed by atoms with Crippen LogP contribution in [0.4, 0.5) is 11.4 Å². The molecule has 144 valence electrons. The maximum Gasteiger partial charge on any atom is 0.340 e. The second kappa shape index (κ2) is 9.28. The van der Waals surface area contributed by atoms with Crippen molar-refractivity contribution in [2.45, 2.75) is 13.5 Å². The summed E-state index contributed by atoms with van der Waals surface area (Å²) < 4.78 is 15.9. The van der Waals surface area contributed by atoms with Gasteiger partial charge in [0.25, 0.3) is 0 Å². The van der Waals surface area contributed by atoms with E-state index in [9.17, 15) is 4.79 Å². The van der Waals surface area contributed by atoms with Gasteiger partial charge in [0.2, 0.25) is 0 Å². The lowest BCUT2D eigenvalue weighted by Gasteiger charge is -2.30. The van der Waals surface area contributed by atoms with Crippen LogP contribution in [-0.4, -0.2) is 46.0 Å². The summed E-state index contributed by atoms with van der Waals surface area (Å²) in [5, 5.41) is 3.37. The molecular formula is C21H26N2O4. The molecule has 0 aliphatic carbocycles. The number of methoxy groups -OCH3 is 1. The number of carbonyl (C=O) groups excluding carboxylic acids is 1. The molecule has 0 aromatic heterocycles. The summed E-state index contributed by atoms with van der Waals surface area (Å²) in [6.07, 6.45) is 0. The fourth-order valence-corrected chi connectivity index (χ4v) is 3.08. The van der Waals surface area contributed by atoms with E-state index in [-0.39, 0.29) is 5.97 Å². The Balaban J connectivity index is 1.79. The molecular weight excluding hydrogens is 344 g/mol. The molecule has 1 aliphatic heterocycles. The SMILES string of the molecule is CCOC(=O)c1cc(NCc2cccc(OC)c2)ccc1N1CCOCC1. The van der Waals surface area contributed by atoms with Gasteiger partial charge in [-0.25, -0.2) is 4.79 Å². The highest BCUT2D eigenvalue weighted by atomic mass is 16.5. The molecule has 2 aromatic rings. The summed E-state index contributed by atoms with van der Waals surface area (Å²) in [4.78, 5) is 14.7. The molecule has 0 atom stereocenters. The van der Waals surface area contributed by atoms with Gasteiger partial charge in [-0.2, -0.15) is 0 Å². The Morgan fingerprint density at radius 1 is 1.19 bits per heavy atom. The molecule has 0 unspecified atom stereocenters. The topological polar surface area (TPSA) is 60.0 Å². The summed E-state index contributed by atoms with van der Waals surface area (Å²) in [5.41, 5.74) is 3.44. The van der Waals surface area contributed by atoms with Crippen LogP contribution in [-0.2, 0) is 16.0 Å². The van der Waals surface area contributed by atoms with Crippen molar-refractivity contribution in [3.05, 3.63) is 53.6 Å². The van der Waals surface area contributed by atoms with E-state index in [0.29, 0.717) is 31.9 Å². The molecule has 6 heteroatoms. The Hall–Kier alpha value is -2.73. The van der Waals surface area contributed by atoms with Gasteiger partial charge in [0, 0.05) is 25.3 Å². The number of hydrogen-bond donors (Lipinski definition) is 1. The van der Waals surface area contributed by atoms with Crippen molar-refractivity contribution in [1.29, 1.82) is 0 Å². The lowest BCUT2D eigenvalue weighted by Crippen LogP contribution is -2.37. The fourth-order valence-electron chi connectivity index (χ4n) is 3.08. The van der Waals surface area contributed by atoms with Crippen LogP contribution in [0.1, 0.15) is 22.8 Å². The van der Waals surface area contributed by atoms with Crippen molar-refractivity contribution in [3.8, 4) is 5.75 Å². The summed E-state index contributed by atoms with van der Waals surface area (Å²) >= 11 is 0. The molecule has 27 heavy (non-hydrogen) atoms. The van der Waals surface area contributed by atoms with Crippen LogP contribution in [0.25, 0.3) is 0 Å². The van der Waals surface area contributed by atoms with Gasteiger partial charge < -0.3 is 24.4 Å². The first kappa shape index (κ1) is 19.0. The highest BCUT2D eigenvalue weighted by molar-refractivity contribution is 5.97. The standard InChI is InChI=1S/C21H26N2O4/c1-3-27-21(24)19-14-17(7-8-20(19)23-9-11-26-12-10-23)22-15-16-5-4-6-18(13-16)25-2/h4-8,13-14,22H,3,9-12,15H2,1-2H3. The van der Waals surface area contributed by atoms with Gasteiger partial charge in [-0.15, -0.1) is 0 Å². The molecule has 2 aromatic carbocycles. The van der Waals surface area contributed by atoms with Crippen molar-refractivity contribution < 1.29 is 19.0 Å². The summed E-state index contributed by atoms with van der Waals surface area (Å²) in [6.45, 7) is 5.67. The number of rotatable bonds is 7. The van der Waals surface area contributed by atoms with Crippen molar-refractivity contribution in [1.82, 2.24) is 0 Å². The second-order valence-corrected chi connectivity index (χ2v) is 6.26. The first-order valence-electron chi connectivity index (χ1n) is 9.22. The molecule has 1 saturated heterocycles. The Kier molecular flexibility index (Phi) is 6.54. The Morgan fingerprint density at radius 3 is 2.74 bits per heavy atom. The maximum absolute atomic E-state index is 12.5. The monoisotopic (exact) mass is 370 g/mol. The number of nitrogens with one attached hydrogen (secondary N) is 1. The van der Waals surface area contributed by atoms with Crippen molar-refractivity contribution in [3.63, 3.8) is 0 Å². The first-order valence-corrected chi connectivity index (χ1v) is 9.22. The molecule has 1 aliphatic rings. The Labute approximate surface area is 160 Å². The van der Waals surface area contributed by atoms with E-state index in [0.717, 1.165) is 35.8 Å². The third kappa shape index (κ3) is 4.92. The maximum atomic E-state index is 12.5. The zero-order valence-corrected chi connectivity index (χ0v) is 15.9. The van der Waals surface area contributed by atoms with Crippen LogP contribution in [0.15, 0.2) is 42.5 Å². The molecule has 0 spiro atoms. The quantitative estimate of drug-likeness (QED) is 0.755. The number of hydrogen-bond acceptors (Lipinski definition) is 6. The van der Waals surface area contributed by atoms with Gasteiger partial charge in [0.15, 0.2) is 0 Å². The minimum atomic E-state index is -0.302. The number of morpholine rings is 1. The van der Waals surface area contributed by atoms with E-state index in [1.54, 1.807) is 7.11 Å². The van der Waals surface area contributed by atoms with Gasteiger partial charge in [-0.3, -0.25) is 0 Å². The Bertz CT molecular complexity index is 773. The molecule has 1 N–H and O–H groups in total. The van der Waals surface area contributed by atoms with Crippen LogP contribution in [0.5, 0.6) is 5.75 Å². The number of ether oxygens (including phenoxy) is 3. The van der Waals surface area contributed by atoms with E-state index in [1.807, 2.05) is 49.4 Å². The third-order valence-corrected chi connectivity index (χ3v) is 4.47. The highest BCUT2D eigenvalue weighted by Gasteiger charge is 2.20. The number of benzene rings is 2. The average molecular weight is 370 g/mol. The Morgan fingerprint density at radius 2 is 2.00 bits per heavy atom. The predicted octanol–water partition coefficient (Wildman–Crippen LogP) is 3.32. The zero-order chi connectivity index (χ0) is 19.1. The van der Waals surface area contributed by atoms with Crippen LogP contribution >= 0.6 is 0 Å². The zero-order valence-electron chi connectivity index (χ0n) is 15.9. The lowest BCUT2D eigenvalue weighted by molar-refractivity contribution is 0.0526. The van der Waals surface area contributed by atoms with Crippen molar-refractivity contribution >= 4 is 17.3 Å². The predicted molar refractivity (Wildman–Crippen MR) is 106 cm³/mol. The van der Waals surface area contributed by atoms with Crippen molar-refractivity contribution in [2.24, 2.45) is 0 Å². The summed E-state index contributed by atoms with van der Waals surface area (Å²) in [6, 6.07) is 13.7. The second-order valence-electron chi connectivity index (χ2n) is 6.26. The fraction of sp³-hybridized carbons (Fsp3) is 0.381. The molecule has 1 heterocycles. The minimum Gasteiger partial charge on any atom is -0.497 e. The van der Waals surface area contributed by atoms with Crippen LogP contribution in [0.2, 0.25) is 0 Å². The van der Waals surface area contributed by atoms with Crippen LogP contribution in [0.3, 0.4) is 0 Å². The van der Waals surface area contributed by atoms with Gasteiger partial charge >= 0.3 is 5.97 Å². The molecule has 0 radical (unpaired) electrons. The largest absolute Gasteiger partial charge is 0.497 e. The molecule has 0 bridgehead atoms. The molecule has 1 fully saturated rings. The number of nitrogens with zero attached hydrogens (tertiary/aromatic N) is 1. The van der Waals surface area contributed by atoms with Gasteiger partial charge in [-0.05, 0) is 42.8 Å². The van der Waals surface area contributed by atoms with Crippen molar-refractivity contribution in [2.75, 3.05) is 50.2 Å². The third-order valence-electron chi connectivity index (χ3n) is 4.47. The van der Waals surface area contributed by atoms with Crippen LogP contribution < -0.4 is 15.0 Å². The van der Waals surface area contributed by atoms with Gasteiger partial charge in [0.1, 0.15) is 5.75 Å². The molecule has 3 rings (SSSR count). The van der Waals surface area contributed by atoms with Crippen LogP contribution in [0, 0.1) is 0 Å². The van der Waals surface area contributed by atoms with E-state index >= 15 is 0 Å². The average Bonchev–Trinajstić information content (AvgIpc) is 2.73.